The van der Waals surface area contributed by atoms with Crippen molar-refractivity contribution in [3.63, 3.8) is 0 Å². The largest absolute Gasteiger partial charge is 0.284 e. The molecule has 0 N–H and O–H groups in total. The minimum atomic E-state index is -0.0523. The Balaban J connectivity index is 2.26. The fraction of sp³-hybridized carbons (Fsp3) is 0.500. The standard InChI is InChI=1S/C10H12N4OS2/c1-10(5-16)4-14-8(15)7-6(3-13(2)12-7)11-9(14)17-10/h3,16H,4-5H2,1-2H3. The van der Waals surface area contributed by atoms with E-state index in [1.165, 1.54) is 0 Å². The summed E-state index contributed by atoms with van der Waals surface area (Å²) in [7, 11) is 1.79. The Morgan fingerprint density at radius 1 is 1.65 bits per heavy atom. The summed E-state index contributed by atoms with van der Waals surface area (Å²) in [4.78, 5) is 16.7. The lowest BCUT2D eigenvalue weighted by molar-refractivity contribution is 0.552. The van der Waals surface area contributed by atoms with Crippen LogP contribution in [0.1, 0.15) is 6.92 Å². The monoisotopic (exact) mass is 268 g/mol. The molecule has 0 amide bonds. The van der Waals surface area contributed by atoms with Crippen LogP contribution in [0.25, 0.3) is 11.0 Å². The van der Waals surface area contributed by atoms with Crippen LogP contribution < -0.4 is 5.56 Å². The summed E-state index contributed by atoms with van der Waals surface area (Å²) in [5.41, 5.74) is 1.06. The number of nitrogens with zero attached hydrogens (tertiary/aromatic N) is 4. The second-order valence-electron chi connectivity index (χ2n) is 4.53. The number of aryl methyl sites for hydroxylation is 1. The lowest BCUT2D eigenvalue weighted by atomic mass is 10.2. The van der Waals surface area contributed by atoms with Gasteiger partial charge in [-0.15, -0.1) is 0 Å². The molecular formula is C10H12N4OS2. The molecule has 1 unspecified atom stereocenters. The van der Waals surface area contributed by atoms with Gasteiger partial charge < -0.3 is 0 Å². The summed E-state index contributed by atoms with van der Waals surface area (Å²) >= 11 is 5.95. The minimum absolute atomic E-state index is 0.0522. The zero-order chi connectivity index (χ0) is 12.2. The molecule has 0 saturated heterocycles. The van der Waals surface area contributed by atoms with Crippen molar-refractivity contribution in [3.05, 3.63) is 16.6 Å². The molecule has 2 aromatic rings. The van der Waals surface area contributed by atoms with Gasteiger partial charge in [-0.1, -0.05) is 11.8 Å². The lowest BCUT2D eigenvalue weighted by Crippen LogP contribution is -2.28. The van der Waals surface area contributed by atoms with Gasteiger partial charge in [0, 0.05) is 24.1 Å². The summed E-state index contributed by atoms with van der Waals surface area (Å²) in [5.74, 6) is 0.714. The molecule has 0 radical (unpaired) electrons. The van der Waals surface area contributed by atoms with Gasteiger partial charge in [-0.3, -0.25) is 14.0 Å². The van der Waals surface area contributed by atoms with Gasteiger partial charge in [-0.2, -0.15) is 17.7 Å². The van der Waals surface area contributed by atoms with Gasteiger partial charge in [0.15, 0.2) is 10.7 Å². The van der Waals surface area contributed by atoms with E-state index < -0.39 is 0 Å². The van der Waals surface area contributed by atoms with E-state index in [0.29, 0.717) is 23.3 Å². The Bertz CT molecular complexity index is 662. The molecular weight excluding hydrogens is 256 g/mol. The summed E-state index contributed by atoms with van der Waals surface area (Å²) < 4.78 is 3.27. The van der Waals surface area contributed by atoms with E-state index in [1.54, 1.807) is 34.3 Å². The van der Waals surface area contributed by atoms with E-state index in [0.717, 1.165) is 5.16 Å². The molecule has 0 aromatic carbocycles. The van der Waals surface area contributed by atoms with Gasteiger partial charge in [0.05, 0.1) is 6.20 Å². The molecule has 3 rings (SSSR count). The minimum Gasteiger partial charge on any atom is -0.284 e. The second kappa shape index (κ2) is 3.52. The first-order chi connectivity index (χ1) is 8.02. The average Bonchev–Trinajstić information content (AvgIpc) is 2.80. The SMILES string of the molecule is Cn1cc2nc3n(c(=O)c2n1)CC(C)(CS)S3. The molecule has 17 heavy (non-hydrogen) atoms. The van der Waals surface area contributed by atoms with Crippen LogP contribution in [0, 0.1) is 0 Å². The fourth-order valence-corrected chi connectivity index (χ4v) is 3.37. The molecule has 0 saturated carbocycles. The molecule has 5 nitrogen and oxygen atoms in total. The Labute approximate surface area is 108 Å². The number of thiol groups is 1. The maximum Gasteiger partial charge on any atom is 0.282 e. The van der Waals surface area contributed by atoms with Crippen LogP contribution in [0.2, 0.25) is 0 Å². The highest BCUT2D eigenvalue weighted by Gasteiger charge is 2.35. The highest BCUT2D eigenvalue weighted by molar-refractivity contribution is 8.01. The van der Waals surface area contributed by atoms with Crippen LogP contribution in [0.15, 0.2) is 16.1 Å². The van der Waals surface area contributed by atoms with Crippen molar-refractivity contribution in [1.82, 2.24) is 19.3 Å². The van der Waals surface area contributed by atoms with Gasteiger partial charge in [0.1, 0.15) is 5.52 Å². The summed E-state index contributed by atoms with van der Waals surface area (Å²) in [6, 6.07) is 0. The van der Waals surface area contributed by atoms with Crippen molar-refractivity contribution >= 4 is 35.4 Å². The Morgan fingerprint density at radius 2 is 2.41 bits per heavy atom. The average molecular weight is 268 g/mol. The number of fused-ring (bicyclic) bond motifs is 2. The number of aromatic nitrogens is 4. The zero-order valence-electron chi connectivity index (χ0n) is 9.54. The summed E-state index contributed by atoms with van der Waals surface area (Å²) in [6.07, 6.45) is 1.77. The van der Waals surface area contributed by atoms with Gasteiger partial charge in [0.2, 0.25) is 0 Å². The van der Waals surface area contributed by atoms with Gasteiger partial charge in [0.25, 0.3) is 5.56 Å². The molecule has 0 aliphatic carbocycles. The Hall–Kier alpha value is -0.950. The normalized spacial score (nSPS) is 23.2. The zero-order valence-corrected chi connectivity index (χ0v) is 11.3. The molecule has 0 bridgehead atoms. The van der Waals surface area contributed by atoms with E-state index in [9.17, 15) is 4.79 Å². The first kappa shape index (κ1) is 11.2. The Kier molecular flexibility index (Phi) is 2.31. The van der Waals surface area contributed by atoms with Crippen molar-refractivity contribution in [2.45, 2.75) is 23.4 Å². The van der Waals surface area contributed by atoms with Crippen LogP contribution in [0.5, 0.6) is 0 Å². The molecule has 1 atom stereocenters. The quantitative estimate of drug-likeness (QED) is 0.617. The van der Waals surface area contributed by atoms with E-state index in [-0.39, 0.29) is 10.3 Å². The van der Waals surface area contributed by atoms with Crippen molar-refractivity contribution in [2.24, 2.45) is 7.05 Å². The predicted molar refractivity (Wildman–Crippen MR) is 70.9 cm³/mol. The maximum absolute atomic E-state index is 12.2. The third kappa shape index (κ3) is 1.60. The molecule has 3 heterocycles. The summed E-state index contributed by atoms with van der Waals surface area (Å²) in [6.45, 7) is 2.74. The van der Waals surface area contributed by atoms with Gasteiger partial charge in [-0.05, 0) is 6.92 Å². The number of hydrogen-bond acceptors (Lipinski definition) is 5. The topological polar surface area (TPSA) is 52.7 Å². The molecule has 0 spiro atoms. The summed E-state index contributed by atoms with van der Waals surface area (Å²) in [5, 5.41) is 4.93. The third-order valence-corrected chi connectivity index (χ3v) is 5.04. The molecule has 1 aliphatic heterocycles. The molecule has 7 heteroatoms. The molecule has 2 aromatic heterocycles. The Morgan fingerprint density at radius 3 is 3.12 bits per heavy atom. The van der Waals surface area contributed by atoms with Crippen molar-refractivity contribution < 1.29 is 0 Å². The molecule has 1 aliphatic rings. The highest BCUT2D eigenvalue weighted by Crippen LogP contribution is 2.39. The molecule has 90 valence electrons. The van der Waals surface area contributed by atoms with E-state index >= 15 is 0 Å². The van der Waals surface area contributed by atoms with Crippen LogP contribution in [0.3, 0.4) is 0 Å². The molecule has 0 fully saturated rings. The maximum atomic E-state index is 12.2. The first-order valence-electron chi connectivity index (χ1n) is 5.26. The van der Waals surface area contributed by atoms with Crippen LogP contribution in [-0.2, 0) is 13.6 Å². The van der Waals surface area contributed by atoms with Crippen molar-refractivity contribution in [2.75, 3.05) is 5.75 Å². The van der Waals surface area contributed by atoms with Gasteiger partial charge >= 0.3 is 0 Å². The van der Waals surface area contributed by atoms with Crippen LogP contribution in [-0.4, -0.2) is 29.8 Å². The van der Waals surface area contributed by atoms with E-state index in [2.05, 4.69) is 29.6 Å². The van der Waals surface area contributed by atoms with E-state index in [1.807, 2.05) is 0 Å². The van der Waals surface area contributed by atoms with Crippen LogP contribution >= 0.6 is 24.4 Å². The van der Waals surface area contributed by atoms with Crippen molar-refractivity contribution in [1.29, 1.82) is 0 Å². The smallest absolute Gasteiger partial charge is 0.282 e. The van der Waals surface area contributed by atoms with E-state index in [4.69, 9.17) is 0 Å². The number of rotatable bonds is 1. The van der Waals surface area contributed by atoms with Gasteiger partial charge in [-0.25, -0.2) is 4.98 Å². The number of hydrogen-bond donors (Lipinski definition) is 1. The number of thioether (sulfide) groups is 1. The lowest BCUT2D eigenvalue weighted by Gasteiger charge is -2.16. The fourth-order valence-electron chi connectivity index (χ4n) is 1.97. The van der Waals surface area contributed by atoms with Crippen LogP contribution in [0.4, 0.5) is 0 Å². The first-order valence-corrected chi connectivity index (χ1v) is 6.71. The second-order valence-corrected chi connectivity index (χ2v) is 6.40. The predicted octanol–water partition coefficient (Wildman–Crippen LogP) is 0.924. The van der Waals surface area contributed by atoms with Crippen molar-refractivity contribution in [3.8, 4) is 0 Å². The third-order valence-electron chi connectivity index (χ3n) is 2.87. The highest BCUT2D eigenvalue weighted by atomic mass is 32.2.